The van der Waals surface area contributed by atoms with Crippen LogP contribution in [-0.4, -0.2) is 33.7 Å². The third kappa shape index (κ3) is 4.53. The van der Waals surface area contributed by atoms with Gasteiger partial charge in [0.05, 0.1) is 12.1 Å². The van der Waals surface area contributed by atoms with Crippen LogP contribution < -0.4 is 5.56 Å². The minimum Gasteiger partial charge on any atom is -0.342 e. The van der Waals surface area contributed by atoms with Crippen LogP contribution >= 0.6 is 0 Å². The van der Waals surface area contributed by atoms with Gasteiger partial charge in [-0.25, -0.2) is 9.07 Å². The van der Waals surface area contributed by atoms with Crippen molar-refractivity contribution >= 4 is 5.91 Å². The first-order valence-electron chi connectivity index (χ1n) is 8.58. The van der Waals surface area contributed by atoms with E-state index in [9.17, 15) is 14.0 Å². The van der Waals surface area contributed by atoms with Crippen molar-refractivity contribution in [1.82, 2.24) is 14.7 Å². The predicted octanol–water partition coefficient (Wildman–Crippen LogP) is 2.17. The Hall–Kier alpha value is -2.50. The summed E-state index contributed by atoms with van der Waals surface area (Å²) >= 11 is 0. The number of likely N-dealkylation sites (tertiary alicyclic amines) is 1. The van der Waals surface area contributed by atoms with Crippen LogP contribution in [-0.2, 0) is 17.8 Å². The van der Waals surface area contributed by atoms with Crippen molar-refractivity contribution in [3.05, 3.63) is 63.8 Å². The fraction of sp³-hybridized carbons (Fsp3) is 0.421. The van der Waals surface area contributed by atoms with E-state index in [-0.39, 0.29) is 17.3 Å². The quantitative estimate of drug-likeness (QED) is 0.855. The Morgan fingerprint density at radius 1 is 1.16 bits per heavy atom. The van der Waals surface area contributed by atoms with Gasteiger partial charge in [-0.1, -0.05) is 12.1 Å². The highest BCUT2D eigenvalue weighted by atomic mass is 19.1. The molecule has 0 unspecified atom stereocenters. The number of carbonyl (C=O) groups is 1. The molecule has 0 saturated carbocycles. The van der Waals surface area contributed by atoms with E-state index >= 15 is 0 Å². The van der Waals surface area contributed by atoms with Gasteiger partial charge in [0.15, 0.2) is 0 Å². The van der Waals surface area contributed by atoms with E-state index in [0.717, 1.165) is 24.1 Å². The SMILES string of the molecule is Cc1ccc(=O)n(CC2CCN(C(=O)Cc3ccc(F)cc3)CC2)n1. The van der Waals surface area contributed by atoms with Crippen LogP contribution in [0.2, 0.25) is 0 Å². The summed E-state index contributed by atoms with van der Waals surface area (Å²) in [6, 6.07) is 9.31. The van der Waals surface area contributed by atoms with E-state index in [1.807, 2.05) is 11.8 Å². The molecule has 1 fully saturated rings. The van der Waals surface area contributed by atoms with E-state index in [1.165, 1.54) is 16.8 Å². The number of piperidine rings is 1. The molecule has 1 aromatic heterocycles. The molecule has 0 radical (unpaired) electrons. The zero-order chi connectivity index (χ0) is 17.8. The molecule has 5 nitrogen and oxygen atoms in total. The van der Waals surface area contributed by atoms with Gasteiger partial charge in [0, 0.05) is 25.7 Å². The maximum absolute atomic E-state index is 12.9. The number of aryl methyl sites for hydroxylation is 1. The maximum atomic E-state index is 12.9. The average Bonchev–Trinajstić information content (AvgIpc) is 2.61. The third-order valence-electron chi connectivity index (χ3n) is 4.67. The number of amides is 1. The Morgan fingerprint density at radius 2 is 1.84 bits per heavy atom. The molecule has 2 heterocycles. The molecule has 0 aliphatic carbocycles. The average molecular weight is 343 g/mol. The lowest BCUT2D eigenvalue weighted by molar-refractivity contribution is -0.131. The monoisotopic (exact) mass is 343 g/mol. The second kappa shape index (κ2) is 7.59. The Kier molecular flexibility index (Phi) is 5.26. The first kappa shape index (κ1) is 17.3. The Balaban J connectivity index is 1.52. The van der Waals surface area contributed by atoms with E-state index in [4.69, 9.17) is 0 Å². The molecular weight excluding hydrogens is 321 g/mol. The van der Waals surface area contributed by atoms with Crippen molar-refractivity contribution in [2.45, 2.75) is 32.7 Å². The summed E-state index contributed by atoms with van der Waals surface area (Å²) in [4.78, 5) is 26.1. The smallest absolute Gasteiger partial charge is 0.266 e. The summed E-state index contributed by atoms with van der Waals surface area (Å²) < 4.78 is 14.5. The van der Waals surface area contributed by atoms with Crippen LogP contribution in [0.3, 0.4) is 0 Å². The Bertz CT molecular complexity index is 793. The van der Waals surface area contributed by atoms with Crippen molar-refractivity contribution in [3.8, 4) is 0 Å². The van der Waals surface area contributed by atoms with Gasteiger partial charge in [-0.05, 0) is 49.4 Å². The van der Waals surface area contributed by atoms with Crippen LogP contribution in [0.5, 0.6) is 0 Å². The lowest BCUT2D eigenvalue weighted by Gasteiger charge is -2.32. The number of hydrogen-bond acceptors (Lipinski definition) is 3. The molecule has 3 rings (SSSR count). The van der Waals surface area contributed by atoms with E-state index < -0.39 is 0 Å². The maximum Gasteiger partial charge on any atom is 0.266 e. The van der Waals surface area contributed by atoms with Crippen molar-refractivity contribution in [2.24, 2.45) is 5.92 Å². The molecule has 0 N–H and O–H groups in total. The van der Waals surface area contributed by atoms with Gasteiger partial charge in [0.25, 0.3) is 5.56 Å². The molecule has 1 aliphatic rings. The van der Waals surface area contributed by atoms with Gasteiger partial charge in [0.1, 0.15) is 5.82 Å². The van der Waals surface area contributed by atoms with Crippen LogP contribution in [0.15, 0.2) is 41.2 Å². The van der Waals surface area contributed by atoms with E-state index in [0.29, 0.717) is 32.0 Å². The van der Waals surface area contributed by atoms with Crippen LogP contribution in [0.4, 0.5) is 4.39 Å². The van der Waals surface area contributed by atoms with Crippen molar-refractivity contribution in [3.63, 3.8) is 0 Å². The molecule has 1 aromatic carbocycles. The second-order valence-electron chi connectivity index (χ2n) is 6.62. The highest BCUT2D eigenvalue weighted by molar-refractivity contribution is 5.78. The van der Waals surface area contributed by atoms with Crippen LogP contribution in [0, 0.1) is 18.7 Å². The molecule has 0 atom stereocenters. The predicted molar refractivity (Wildman–Crippen MR) is 92.6 cm³/mol. The topological polar surface area (TPSA) is 55.2 Å². The van der Waals surface area contributed by atoms with Gasteiger partial charge in [-0.2, -0.15) is 5.10 Å². The van der Waals surface area contributed by atoms with Crippen molar-refractivity contribution in [1.29, 1.82) is 0 Å². The zero-order valence-electron chi connectivity index (χ0n) is 14.3. The zero-order valence-corrected chi connectivity index (χ0v) is 14.3. The molecule has 0 bridgehead atoms. The summed E-state index contributed by atoms with van der Waals surface area (Å²) in [7, 11) is 0. The fourth-order valence-corrected chi connectivity index (χ4v) is 3.18. The Morgan fingerprint density at radius 3 is 2.52 bits per heavy atom. The molecule has 6 heteroatoms. The van der Waals surface area contributed by atoms with E-state index in [1.54, 1.807) is 24.3 Å². The van der Waals surface area contributed by atoms with Crippen molar-refractivity contribution < 1.29 is 9.18 Å². The van der Waals surface area contributed by atoms with Gasteiger partial charge in [-0.15, -0.1) is 0 Å². The second-order valence-corrected chi connectivity index (χ2v) is 6.62. The lowest BCUT2D eigenvalue weighted by Crippen LogP contribution is -2.41. The van der Waals surface area contributed by atoms with Crippen molar-refractivity contribution in [2.75, 3.05) is 13.1 Å². The summed E-state index contributed by atoms with van der Waals surface area (Å²) in [5.74, 6) is 0.120. The highest BCUT2D eigenvalue weighted by Gasteiger charge is 2.23. The highest BCUT2D eigenvalue weighted by Crippen LogP contribution is 2.19. The van der Waals surface area contributed by atoms with Gasteiger partial charge >= 0.3 is 0 Å². The summed E-state index contributed by atoms with van der Waals surface area (Å²) in [5, 5.41) is 4.28. The first-order chi connectivity index (χ1) is 12.0. The Labute approximate surface area is 146 Å². The number of halogens is 1. The minimum absolute atomic E-state index is 0.0657. The third-order valence-corrected chi connectivity index (χ3v) is 4.67. The molecule has 1 amide bonds. The number of carbonyl (C=O) groups excluding carboxylic acids is 1. The number of nitrogens with zero attached hydrogens (tertiary/aromatic N) is 3. The van der Waals surface area contributed by atoms with Gasteiger partial charge in [-0.3, -0.25) is 9.59 Å². The number of hydrogen-bond donors (Lipinski definition) is 0. The largest absolute Gasteiger partial charge is 0.342 e. The molecular formula is C19H22FN3O2. The lowest BCUT2D eigenvalue weighted by atomic mass is 9.96. The number of benzene rings is 1. The summed E-state index contributed by atoms with van der Waals surface area (Å²) in [6.45, 7) is 3.84. The molecule has 1 saturated heterocycles. The summed E-state index contributed by atoms with van der Waals surface area (Å²) in [6.07, 6.45) is 2.01. The number of rotatable bonds is 4. The standard InChI is InChI=1S/C19H22FN3O2/c1-14-2-7-18(24)23(21-14)13-16-8-10-22(11-9-16)19(25)12-15-3-5-17(20)6-4-15/h2-7,16H,8-13H2,1H3. The molecule has 132 valence electrons. The van der Waals surface area contributed by atoms with Gasteiger partial charge in [0.2, 0.25) is 5.91 Å². The number of aromatic nitrogens is 2. The molecule has 2 aromatic rings. The normalized spacial score (nSPS) is 15.4. The molecule has 0 spiro atoms. The van der Waals surface area contributed by atoms with Crippen LogP contribution in [0.25, 0.3) is 0 Å². The minimum atomic E-state index is -0.294. The van der Waals surface area contributed by atoms with E-state index in [2.05, 4.69) is 5.10 Å². The van der Waals surface area contributed by atoms with Gasteiger partial charge < -0.3 is 4.90 Å². The summed E-state index contributed by atoms with van der Waals surface area (Å²) in [5.41, 5.74) is 1.57. The fourth-order valence-electron chi connectivity index (χ4n) is 3.18. The van der Waals surface area contributed by atoms with Crippen LogP contribution in [0.1, 0.15) is 24.1 Å². The first-order valence-corrected chi connectivity index (χ1v) is 8.58. The molecule has 1 aliphatic heterocycles. The molecule has 25 heavy (non-hydrogen) atoms.